The highest BCUT2D eigenvalue weighted by atomic mass is 35.5. The summed E-state index contributed by atoms with van der Waals surface area (Å²) in [6.45, 7) is 3.73. The summed E-state index contributed by atoms with van der Waals surface area (Å²) in [5, 5.41) is 27.6. The second kappa shape index (κ2) is 22.3. The van der Waals surface area contributed by atoms with Crippen LogP contribution in [0.3, 0.4) is 0 Å². The lowest BCUT2D eigenvalue weighted by molar-refractivity contribution is -0.127. The average Bonchev–Trinajstić information content (AvgIpc) is 3.20. The summed E-state index contributed by atoms with van der Waals surface area (Å²) in [7, 11) is 0. The van der Waals surface area contributed by atoms with Gasteiger partial charge in [-0.2, -0.15) is 20.5 Å². The van der Waals surface area contributed by atoms with Gasteiger partial charge in [0.15, 0.2) is 17.1 Å². The van der Waals surface area contributed by atoms with Crippen LogP contribution < -0.4 is 26.0 Å². The van der Waals surface area contributed by atoms with Crippen LogP contribution in [0, 0.1) is 0 Å². The Morgan fingerprint density at radius 2 is 0.969 bits per heavy atom. The Morgan fingerprint density at radius 1 is 0.516 bits per heavy atom. The summed E-state index contributed by atoms with van der Waals surface area (Å²) >= 11 is 43.0. The largest absolute Gasteiger partial charge is 0.473 e. The molecule has 5 rings (SSSR count). The molecule has 64 heavy (non-hydrogen) atoms. The van der Waals surface area contributed by atoms with Gasteiger partial charge in [-0.3, -0.25) is 28.8 Å². The van der Waals surface area contributed by atoms with Crippen LogP contribution in [0.4, 0.5) is 34.1 Å². The molecular weight excluding hydrogens is 977 g/mol. The Morgan fingerprint density at radius 3 is 1.41 bits per heavy atom. The number of nitrogens with one attached hydrogen (secondary N) is 4. The number of azo groups is 2. The van der Waals surface area contributed by atoms with Gasteiger partial charge in [-0.05, 0) is 106 Å². The van der Waals surface area contributed by atoms with Crippen LogP contribution in [0.2, 0.25) is 30.1 Å². The van der Waals surface area contributed by atoms with Gasteiger partial charge in [0.05, 0.1) is 38.5 Å². The summed E-state index contributed by atoms with van der Waals surface area (Å²) < 4.78 is 5.67. The number of alkyl halides is 1. The van der Waals surface area contributed by atoms with Gasteiger partial charge in [-0.25, -0.2) is 0 Å². The van der Waals surface area contributed by atoms with Gasteiger partial charge in [0.1, 0.15) is 5.75 Å². The van der Waals surface area contributed by atoms with Crippen LogP contribution >= 0.6 is 81.2 Å². The zero-order valence-electron chi connectivity index (χ0n) is 33.2. The Kier molecular flexibility index (Phi) is 17.2. The number of anilines is 4. The van der Waals surface area contributed by atoms with Crippen molar-refractivity contribution in [1.29, 1.82) is 0 Å². The van der Waals surface area contributed by atoms with Crippen LogP contribution in [0.15, 0.2) is 111 Å². The molecular formula is C42H31Cl7N8O7. The van der Waals surface area contributed by atoms with Gasteiger partial charge in [0, 0.05) is 43.0 Å². The summed E-state index contributed by atoms with van der Waals surface area (Å²) in [5.41, 5.74) is -0.163. The highest BCUT2D eigenvalue weighted by Gasteiger charge is 2.27. The molecule has 0 heterocycles. The zero-order chi connectivity index (χ0) is 46.8. The molecule has 330 valence electrons. The quantitative estimate of drug-likeness (QED) is 0.0426. The predicted octanol–water partition coefficient (Wildman–Crippen LogP) is 12.4. The monoisotopic (exact) mass is 1000 g/mol. The van der Waals surface area contributed by atoms with E-state index in [1.165, 1.54) is 85.8 Å². The molecule has 3 unspecified atom stereocenters. The molecule has 0 radical (unpaired) electrons. The Bertz CT molecular complexity index is 2740. The number of Topliss-reactive ketones (excluding diaryl/α,β-unsaturated/α-hetero) is 2. The van der Waals surface area contributed by atoms with E-state index >= 15 is 0 Å². The molecule has 0 bridgehead atoms. The van der Waals surface area contributed by atoms with E-state index < -0.39 is 52.8 Å². The number of carbonyl (C=O) groups is 6. The van der Waals surface area contributed by atoms with Gasteiger partial charge in [-0.15, -0.1) is 0 Å². The molecule has 22 heteroatoms. The van der Waals surface area contributed by atoms with Crippen LogP contribution in [-0.4, -0.2) is 52.8 Å². The van der Waals surface area contributed by atoms with E-state index in [-0.39, 0.29) is 71.1 Å². The van der Waals surface area contributed by atoms with Crippen molar-refractivity contribution in [2.45, 2.75) is 38.4 Å². The molecule has 0 aliphatic heterocycles. The molecule has 0 aliphatic rings. The van der Waals surface area contributed by atoms with E-state index in [9.17, 15) is 28.8 Å². The Hall–Kier alpha value is -5.65. The number of benzene rings is 5. The number of nitrogens with zero attached hydrogens (tertiary/aromatic N) is 4. The van der Waals surface area contributed by atoms with Crippen molar-refractivity contribution in [3.63, 3.8) is 0 Å². The molecule has 0 spiro atoms. The van der Waals surface area contributed by atoms with Crippen molar-refractivity contribution in [3.8, 4) is 5.75 Å². The first-order chi connectivity index (χ1) is 30.3. The molecule has 0 fully saturated rings. The number of ether oxygens (including phenoxy) is 1. The van der Waals surface area contributed by atoms with Crippen molar-refractivity contribution in [2.24, 2.45) is 20.5 Å². The van der Waals surface area contributed by atoms with Gasteiger partial charge >= 0.3 is 0 Å². The van der Waals surface area contributed by atoms with E-state index in [0.29, 0.717) is 10.0 Å². The van der Waals surface area contributed by atoms with E-state index in [1.54, 1.807) is 12.1 Å². The number of carbonyl (C=O) groups excluding carboxylic acids is 6. The molecule has 0 saturated heterocycles. The lowest BCUT2D eigenvalue weighted by Gasteiger charge is -2.17. The first kappa shape index (κ1) is 49.4. The topological polar surface area (TPSA) is 209 Å². The van der Waals surface area contributed by atoms with Gasteiger partial charge in [0.2, 0.25) is 12.1 Å². The summed E-state index contributed by atoms with van der Waals surface area (Å²) in [6.07, 6.45) is 0. The van der Waals surface area contributed by atoms with Gasteiger partial charge < -0.3 is 26.0 Å². The molecule has 3 atom stereocenters. The molecule has 5 aromatic carbocycles. The Labute approximate surface area is 399 Å². The fourth-order valence-electron chi connectivity index (χ4n) is 5.37. The minimum absolute atomic E-state index is 0.0135. The second-order valence-corrected chi connectivity index (χ2v) is 16.5. The molecule has 4 N–H and O–H groups in total. The van der Waals surface area contributed by atoms with Crippen LogP contribution in [0.1, 0.15) is 41.5 Å². The molecule has 0 aliphatic carbocycles. The molecule has 4 amide bonds. The number of halogens is 7. The molecule has 5 aromatic rings. The van der Waals surface area contributed by atoms with Crippen LogP contribution in [0.25, 0.3) is 0 Å². The third kappa shape index (κ3) is 13.9. The normalized spacial score (nSPS) is 12.6. The number of hydrogen-bond acceptors (Lipinski definition) is 11. The summed E-state index contributed by atoms with van der Waals surface area (Å²) in [5.74, 6) is -4.48. The van der Waals surface area contributed by atoms with Crippen molar-refractivity contribution >= 4 is 151 Å². The molecule has 0 aromatic heterocycles. The number of ketones is 2. The predicted molar refractivity (Wildman–Crippen MR) is 249 cm³/mol. The maximum Gasteiger partial charge on any atom is 0.258 e. The number of hydrogen-bond donors (Lipinski definition) is 4. The first-order valence-corrected chi connectivity index (χ1v) is 21.0. The highest BCUT2D eigenvalue weighted by molar-refractivity contribution is 6.37. The fraction of sp³-hybridized carbons (Fsp3) is 0.143. The minimum Gasteiger partial charge on any atom is -0.473 e. The van der Waals surface area contributed by atoms with Gasteiger partial charge in [-0.1, -0.05) is 81.2 Å². The summed E-state index contributed by atoms with van der Waals surface area (Å²) in [6, 6.07) is 17.8. The fourth-order valence-corrected chi connectivity index (χ4v) is 6.60. The second-order valence-electron chi connectivity index (χ2n) is 13.4. The average molecular weight is 1010 g/mol. The molecule has 0 saturated carbocycles. The Balaban J connectivity index is 1.30. The third-order valence-corrected chi connectivity index (χ3v) is 9.94. The highest BCUT2D eigenvalue weighted by Crippen LogP contribution is 2.32. The van der Waals surface area contributed by atoms with E-state index in [0.717, 1.165) is 13.8 Å². The smallest absolute Gasteiger partial charge is 0.258 e. The summed E-state index contributed by atoms with van der Waals surface area (Å²) in [4.78, 5) is 78.1. The van der Waals surface area contributed by atoms with E-state index in [2.05, 4.69) is 41.7 Å². The van der Waals surface area contributed by atoms with Gasteiger partial charge in [0.25, 0.3) is 23.6 Å². The molecule has 15 nitrogen and oxygen atoms in total. The lowest BCUT2D eigenvalue weighted by atomic mass is 10.1. The van der Waals surface area contributed by atoms with Crippen molar-refractivity contribution in [3.05, 3.63) is 132 Å². The van der Waals surface area contributed by atoms with E-state index in [4.69, 9.17) is 85.9 Å². The maximum atomic E-state index is 13.5. The zero-order valence-corrected chi connectivity index (χ0v) is 38.5. The standard InChI is InChI=1S/C42H31Cl7N8O7/c1-19(58)37(56-54-29-12-22(10-26(46)14-29)39(60)52-34-16-24(44)4-7-31(34)48)41(62)50-28-6-9-33(36(18-28)64-21(3)43)51-42(63)38(20(2)59)57-55-30-13-23(11-27(47)15-30)40(61)53-35-17-25(45)5-8-32(35)49/h4-18,21,37-38H,1-3H3,(H,50,62)(H,51,63)(H,52,60)(H,53,61). The van der Waals surface area contributed by atoms with Crippen LogP contribution in [-0.2, 0) is 19.2 Å². The third-order valence-electron chi connectivity index (χ3n) is 8.28. The minimum atomic E-state index is -1.68. The van der Waals surface area contributed by atoms with Crippen molar-refractivity contribution in [1.82, 2.24) is 0 Å². The first-order valence-electron chi connectivity index (χ1n) is 18.3. The van der Waals surface area contributed by atoms with Crippen LogP contribution in [0.5, 0.6) is 5.75 Å². The SMILES string of the molecule is CC(=O)C(N=Nc1cc(Cl)cc(C(=O)Nc2cc(Cl)ccc2Cl)c1)C(=O)Nc1ccc(NC(=O)C(N=Nc2cc(Cl)cc(C(=O)Nc3cc(Cl)ccc3Cl)c2)C(C)=O)c(OC(C)Cl)c1. The lowest BCUT2D eigenvalue weighted by Crippen LogP contribution is -2.32. The van der Waals surface area contributed by atoms with Crippen molar-refractivity contribution < 1.29 is 33.5 Å². The number of amides is 4. The maximum absolute atomic E-state index is 13.5. The number of rotatable bonds is 16. The van der Waals surface area contributed by atoms with Crippen molar-refractivity contribution in [2.75, 3.05) is 21.3 Å². The van der Waals surface area contributed by atoms with E-state index in [1.807, 2.05) is 0 Å².